The van der Waals surface area contributed by atoms with Crippen LogP contribution in [0.4, 0.5) is 0 Å². The fourth-order valence-electron chi connectivity index (χ4n) is 2.66. The number of benzene rings is 1. The van der Waals surface area contributed by atoms with Crippen molar-refractivity contribution >= 4 is 17.4 Å². The molecule has 122 valence electrons. The van der Waals surface area contributed by atoms with Gasteiger partial charge in [0, 0.05) is 19.6 Å². The summed E-state index contributed by atoms with van der Waals surface area (Å²) in [5, 5.41) is 6.67. The maximum Gasteiger partial charge on any atom is 0.264 e. The molecule has 0 bridgehead atoms. The number of ether oxygens (including phenoxy) is 1. The van der Waals surface area contributed by atoms with E-state index in [1.807, 2.05) is 13.0 Å². The maximum atomic E-state index is 12.1. The molecule has 1 aliphatic rings. The Morgan fingerprint density at radius 2 is 2.30 bits per heavy atom. The van der Waals surface area contributed by atoms with Crippen LogP contribution in [0, 0.1) is 0 Å². The number of amides is 1. The average Bonchev–Trinajstić information content (AvgIpc) is 3.10. The number of hydrogen-bond donors (Lipinski definition) is 1. The SMILES string of the molecule is C[C@@H](NC(=O)c1cnns1)[C@@H]1CN(Cc2ccccc2)CCO1. The molecule has 2 heterocycles. The summed E-state index contributed by atoms with van der Waals surface area (Å²) in [7, 11) is 0. The van der Waals surface area contributed by atoms with Crippen molar-refractivity contribution < 1.29 is 9.53 Å². The Hall–Kier alpha value is -1.83. The molecule has 1 N–H and O–H groups in total. The van der Waals surface area contributed by atoms with Crippen molar-refractivity contribution in [2.75, 3.05) is 19.7 Å². The Morgan fingerprint density at radius 3 is 3.04 bits per heavy atom. The number of carbonyl (C=O) groups is 1. The lowest BCUT2D eigenvalue weighted by atomic mass is 10.1. The predicted octanol–water partition coefficient (Wildman–Crippen LogP) is 1.56. The molecule has 3 rings (SSSR count). The van der Waals surface area contributed by atoms with Crippen molar-refractivity contribution in [3.05, 3.63) is 47.0 Å². The van der Waals surface area contributed by atoms with Crippen LogP contribution in [-0.4, -0.2) is 52.2 Å². The van der Waals surface area contributed by atoms with Crippen LogP contribution in [0.25, 0.3) is 0 Å². The zero-order chi connectivity index (χ0) is 16.1. The van der Waals surface area contributed by atoms with E-state index in [-0.39, 0.29) is 18.1 Å². The molecule has 0 aliphatic carbocycles. The minimum Gasteiger partial charge on any atom is -0.373 e. The Morgan fingerprint density at radius 1 is 1.48 bits per heavy atom. The van der Waals surface area contributed by atoms with E-state index in [1.54, 1.807) is 0 Å². The van der Waals surface area contributed by atoms with E-state index in [1.165, 1.54) is 11.8 Å². The first-order valence-corrected chi connectivity index (χ1v) is 8.46. The molecule has 2 aromatic rings. The summed E-state index contributed by atoms with van der Waals surface area (Å²) in [4.78, 5) is 15.0. The minimum atomic E-state index is -0.142. The summed E-state index contributed by atoms with van der Waals surface area (Å²) in [5.41, 5.74) is 1.29. The van der Waals surface area contributed by atoms with E-state index in [4.69, 9.17) is 4.74 Å². The largest absolute Gasteiger partial charge is 0.373 e. The molecule has 1 amide bonds. The van der Waals surface area contributed by atoms with Gasteiger partial charge in [-0.15, -0.1) is 5.10 Å². The minimum absolute atomic E-state index is 0.0164. The van der Waals surface area contributed by atoms with Crippen molar-refractivity contribution in [3.8, 4) is 0 Å². The highest BCUT2D eigenvalue weighted by Crippen LogP contribution is 2.13. The number of rotatable bonds is 5. The molecule has 1 aliphatic heterocycles. The molecule has 1 aromatic heterocycles. The number of hydrogen-bond acceptors (Lipinski definition) is 6. The molecule has 0 radical (unpaired) electrons. The summed E-state index contributed by atoms with van der Waals surface area (Å²) in [6.07, 6.45) is 1.47. The van der Waals surface area contributed by atoms with Gasteiger partial charge in [-0.05, 0) is 24.0 Å². The molecule has 0 unspecified atom stereocenters. The van der Waals surface area contributed by atoms with E-state index in [0.717, 1.165) is 31.2 Å². The Bertz CT molecular complexity index is 620. The summed E-state index contributed by atoms with van der Waals surface area (Å²) in [6.45, 7) is 5.27. The topological polar surface area (TPSA) is 67.4 Å². The summed E-state index contributed by atoms with van der Waals surface area (Å²) >= 11 is 1.10. The molecule has 2 atom stereocenters. The zero-order valence-corrected chi connectivity index (χ0v) is 13.8. The Labute approximate surface area is 139 Å². The van der Waals surface area contributed by atoms with Crippen LogP contribution < -0.4 is 5.32 Å². The third-order valence-corrected chi connectivity index (χ3v) is 4.59. The monoisotopic (exact) mass is 332 g/mol. The van der Waals surface area contributed by atoms with E-state index < -0.39 is 0 Å². The molecule has 1 saturated heterocycles. The molecule has 0 saturated carbocycles. The van der Waals surface area contributed by atoms with Gasteiger partial charge < -0.3 is 10.1 Å². The number of nitrogens with one attached hydrogen (secondary N) is 1. The van der Waals surface area contributed by atoms with Crippen LogP contribution in [0.5, 0.6) is 0 Å². The smallest absolute Gasteiger partial charge is 0.264 e. The van der Waals surface area contributed by atoms with Gasteiger partial charge in [0.1, 0.15) is 4.88 Å². The molecule has 7 heteroatoms. The molecular weight excluding hydrogens is 312 g/mol. The van der Waals surface area contributed by atoms with Gasteiger partial charge in [-0.25, -0.2) is 0 Å². The fraction of sp³-hybridized carbons (Fsp3) is 0.438. The maximum absolute atomic E-state index is 12.1. The predicted molar refractivity (Wildman–Crippen MR) is 88.3 cm³/mol. The second-order valence-electron chi connectivity index (χ2n) is 5.67. The van der Waals surface area contributed by atoms with E-state index in [9.17, 15) is 4.79 Å². The number of aromatic nitrogens is 2. The lowest BCUT2D eigenvalue weighted by Crippen LogP contribution is -2.51. The molecule has 1 fully saturated rings. The van der Waals surface area contributed by atoms with Crippen LogP contribution in [-0.2, 0) is 11.3 Å². The first-order chi connectivity index (χ1) is 11.2. The van der Waals surface area contributed by atoms with Crippen LogP contribution in [0.2, 0.25) is 0 Å². The van der Waals surface area contributed by atoms with Crippen molar-refractivity contribution in [3.63, 3.8) is 0 Å². The Kier molecular flexibility index (Phi) is 5.32. The quantitative estimate of drug-likeness (QED) is 0.900. The third-order valence-electron chi connectivity index (χ3n) is 3.93. The molecule has 1 aromatic carbocycles. The van der Waals surface area contributed by atoms with Crippen molar-refractivity contribution in [1.82, 2.24) is 19.8 Å². The van der Waals surface area contributed by atoms with Gasteiger partial charge in [0.25, 0.3) is 5.91 Å². The van der Waals surface area contributed by atoms with Gasteiger partial charge in [-0.3, -0.25) is 9.69 Å². The first kappa shape index (κ1) is 16.0. The van der Waals surface area contributed by atoms with E-state index in [0.29, 0.717) is 11.5 Å². The molecule has 6 nitrogen and oxygen atoms in total. The molecular formula is C16H20N4O2S. The standard InChI is InChI=1S/C16H20N4O2S/c1-12(18-16(21)15-9-17-19-23-15)14-11-20(7-8-22-14)10-13-5-3-2-4-6-13/h2-6,9,12,14H,7-8,10-11H2,1H3,(H,18,21)/t12-,14+/m1/s1. The second-order valence-corrected chi connectivity index (χ2v) is 6.46. The van der Waals surface area contributed by atoms with Gasteiger partial charge in [0.05, 0.1) is 24.9 Å². The van der Waals surface area contributed by atoms with E-state index >= 15 is 0 Å². The van der Waals surface area contributed by atoms with Crippen molar-refractivity contribution in [2.24, 2.45) is 0 Å². The van der Waals surface area contributed by atoms with Crippen LogP contribution in [0.1, 0.15) is 22.2 Å². The lowest BCUT2D eigenvalue weighted by molar-refractivity contribution is -0.0449. The van der Waals surface area contributed by atoms with Crippen molar-refractivity contribution in [2.45, 2.75) is 25.6 Å². The summed E-state index contributed by atoms with van der Waals surface area (Å²) < 4.78 is 9.55. The normalized spacial score (nSPS) is 20.1. The fourth-order valence-corrected chi connectivity index (χ4v) is 3.08. The zero-order valence-electron chi connectivity index (χ0n) is 13.0. The van der Waals surface area contributed by atoms with Gasteiger partial charge in [-0.2, -0.15) is 0 Å². The van der Waals surface area contributed by atoms with Crippen LogP contribution >= 0.6 is 11.5 Å². The second kappa shape index (κ2) is 7.63. The first-order valence-electron chi connectivity index (χ1n) is 7.68. The van der Waals surface area contributed by atoms with Crippen molar-refractivity contribution in [1.29, 1.82) is 0 Å². The molecule has 0 spiro atoms. The lowest BCUT2D eigenvalue weighted by Gasteiger charge is -2.36. The molecule has 23 heavy (non-hydrogen) atoms. The highest BCUT2D eigenvalue weighted by molar-refractivity contribution is 7.07. The van der Waals surface area contributed by atoms with Gasteiger partial charge in [-0.1, -0.05) is 34.8 Å². The number of nitrogens with zero attached hydrogens (tertiary/aromatic N) is 3. The van der Waals surface area contributed by atoms with Gasteiger partial charge in [0.2, 0.25) is 0 Å². The summed E-state index contributed by atoms with van der Waals surface area (Å²) in [5.74, 6) is -0.142. The third kappa shape index (κ3) is 4.34. The summed E-state index contributed by atoms with van der Waals surface area (Å²) in [6, 6.07) is 10.3. The van der Waals surface area contributed by atoms with Crippen LogP contribution in [0.15, 0.2) is 36.5 Å². The van der Waals surface area contributed by atoms with Crippen LogP contribution in [0.3, 0.4) is 0 Å². The number of carbonyl (C=O) groups excluding carboxylic acids is 1. The highest BCUT2D eigenvalue weighted by atomic mass is 32.1. The average molecular weight is 332 g/mol. The van der Waals surface area contributed by atoms with Gasteiger partial charge >= 0.3 is 0 Å². The van der Waals surface area contributed by atoms with Gasteiger partial charge in [0.15, 0.2) is 0 Å². The number of morpholine rings is 1. The highest BCUT2D eigenvalue weighted by Gasteiger charge is 2.27. The van der Waals surface area contributed by atoms with E-state index in [2.05, 4.69) is 44.1 Å². The Balaban J connectivity index is 1.54.